The average Bonchev–Trinajstić information content (AvgIpc) is 2.28. The second-order valence-electron chi connectivity index (χ2n) is 5.21. The Morgan fingerprint density at radius 2 is 1.95 bits per heavy atom. The van der Waals surface area contributed by atoms with Crippen LogP contribution >= 0.6 is 26.6 Å². The normalized spacial score (nSPS) is 13.3. The maximum Gasteiger partial charge on any atom is 0.262 e. The van der Waals surface area contributed by atoms with Gasteiger partial charge in [0.15, 0.2) is 0 Å². The molecule has 0 aliphatic heterocycles. The fourth-order valence-electron chi connectivity index (χ4n) is 1.97. The summed E-state index contributed by atoms with van der Waals surface area (Å²) in [6, 6.07) is 1.61. The Labute approximate surface area is 136 Å². The van der Waals surface area contributed by atoms with Crippen molar-refractivity contribution < 1.29 is 17.6 Å². The maximum absolute atomic E-state index is 13.5. The predicted molar refractivity (Wildman–Crippen MR) is 83.5 cm³/mol. The van der Waals surface area contributed by atoms with Crippen molar-refractivity contribution in [3.63, 3.8) is 0 Å². The van der Waals surface area contributed by atoms with Crippen LogP contribution in [0, 0.1) is 11.7 Å². The zero-order chi connectivity index (χ0) is 16.4. The second kappa shape index (κ2) is 7.07. The van der Waals surface area contributed by atoms with Crippen LogP contribution in [0.15, 0.2) is 21.5 Å². The summed E-state index contributed by atoms with van der Waals surface area (Å²) in [5, 5.41) is 2.70. The molecule has 118 valence electrons. The lowest BCUT2D eigenvalue weighted by Gasteiger charge is -2.17. The van der Waals surface area contributed by atoms with Gasteiger partial charge in [0.25, 0.3) is 15.0 Å². The highest BCUT2D eigenvalue weighted by Crippen LogP contribution is 2.29. The van der Waals surface area contributed by atoms with Crippen LogP contribution in [0.2, 0.25) is 0 Å². The van der Waals surface area contributed by atoms with E-state index in [-0.39, 0.29) is 16.1 Å². The molecule has 0 saturated carbocycles. The Bertz CT molecular complexity index is 649. The number of rotatable bonds is 5. The van der Waals surface area contributed by atoms with Gasteiger partial charge in [-0.1, -0.05) is 13.8 Å². The Balaban J connectivity index is 3.14. The van der Waals surface area contributed by atoms with E-state index in [2.05, 4.69) is 21.2 Å². The highest BCUT2D eigenvalue weighted by Gasteiger charge is 2.23. The molecule has 1 amide bonds. The van der Waals surface area contributed by atoms with Gasteiger partial charge < -0.3 is 5.32 Å². The number of benzene rings is 1. The first-order valence-electron chi connectivity index (χ1n) is 6.27. The number of carbonyl (C=O) groups is 1. The summed E-state index contributed by atoms with van der Waals surface area (Å²) < 4.78 is 36.2. The Kier molecular flexibility index (Phi) is 6.19. The number of hydrogen-bond donors (Lipinski definition) is 1. The standard InChI is InChI=1S/C13H16BrClFNO3S/c1-7(2)4-8(3)17-13(18)10-5-9(16)6-11(12(10)14)21(15,19)20/h5-8H,4H2,1-3H3,(H,17,18). The molecule has 1 rings (SSSR count). The highest BCUT2D eigenvalue weighted by molar-refractivity contribution is 9.10. The molecule has 0 radical (unpaired) electrons. The highest BCUT2D eigenvalue weighted by atomic mass is 79.9. The lowest BCUT2D eigenvalue weighted by Crippen LogP contribution is -2.33. The third-order valence-corrected chi connectivity index (χ3v) is 5.18. The molecule has 4 nitrogen and oxygen atoms in total. The van der Waals surface area contributed by atoms with Gasteiger partial charge in [0, 0.05) is 16.7 Å². The van der Waals surface area contributed by atoms with Gasteiger partial charge in [-0.3, -0.25) is 4.79 Å². The van der Waals surface area contributed by atoms with Gasteiger partial charge in [-0.25, -0.2) is 12.8 Å². The molecule has 1 aromatic carbocycles. The molecule has 0 heterocycles. The lowest BCUT2D eigenvalue weighted by molar-refractivity contribution is 0.0934. The summed E-state index contributed by atoms with van der Waals surface area (Å²) in [5.41, 5.74) is -0.107. The summed E-state index contributed by atoms with van der Waals surface area (Å²) in [6.45, 7) is 5.85. The first-order valence-corrected chi connectivity index (χ1v) is 9.37. The van der Waals surface area contributed by atoms with Crippen molar-refractivity contribution in [2.45, 2.75) is 38.1 Å². The molecule has 0 aliphatic carbocycles. The minimum absolute atomic E-state index is 0.0480. The second-order valence-corrected chi connectivity index (χ2v) is 8.53. The lowest BCUT2D eigenvalue weighted by atomic mass is 10.0. The van der Waals surface area contributed by atoms with Crippen LogP contribution in [0.25, 0.3) is 0 Å². The van der Waals surface area contributed by atoms with Crippen molar-refractivity contribution in [1.29, 1.82) is 0 Å². The van der Waals surface area contributed by atoms with Crippen molar-refractivity contribution in [2.75, 3.05) is 0 Å². The summed E-state index contributed by atoms with van der Waals surface area (Å²) in [4.78, 5) is 11.7. The van der Waals surface area contributed by atoms with Gasteiger partial charge in [0.05, 0.1) is 10.0 Å². The van der Waals surface area contributed by atoms with Gasteiger partial charge >= 0.3 is 0 Å². The summed E-state index contributed by atoms with van der Waals surface area (Å²) in [6.07, 6.45) is 0.749. The van der Waals surface area contributed by atoms with Gasteiger partial charge in [0.1, 0.15) is 10.7 Å². The van der Waals surface area contributed by atoms with E-state index >= 15 is 0 Å². The molecular formula is C13H16BrClFNO3S. The number of amides is 1. The van der Waals surface area contributed by atoms with Gasteiger partial charge in [-0.05, 0) is 47.3 Å². The molecule has 1 aromatic rings. The summed E-state index contributed by atoms with van der Waals surface area (Å²) in [5.74, 6) is -1.02. The Hall–Kier alpha value is -0.660. The van der Waals surface area contributed by atoms with Crippen molar-refractivity contribution in [3.05, 3.63) is 28.0 Å². The smallest absolute Gasteiger partial charge is 0.262 e. The molecule has 21 heavy (non-hydrogen) atoms. The fourth-order valence-corrected chi connectivity index (χ4v) is 4.24. The first kappa shape index (κ1) is 18.4. The number of carbonyl (C=O) groups excluding carboxylic acids is 1. The minimum Gasteiger partial charge on any atom is -0.350 e. The van der Waals surface area contributed by atoms with Gasteiger partial charge in [0.2, 0.25) is 0 Å². The van der Waals surface area contributed by atoms with E-state index in [0.29, 0.717) is 5.92 Å². The van der Waals surface area contributed by atoms with E-state index < -0.39 is 25.7 Å². The Morgan fingerprint density at radius 1 is 1.38 bits per heavy atom. The van der Waals surface area contributed by atoms with E-state index in [1.54, 1.807) is 0 Å². The van der Waals surface area contributed by atoms with E-state index in [0.717, 1.165) is 18.6 Å². The number of halogens is 3. The van der Waals surface area contributed by atoms with E-state index in [1.165, 1.54) is 0 Å². The van der Waals surface area contributed by atoms with Crippen LogP contribution in [0.5, 0.6) is 0 Å². The van der Waals surface area contributed by atoms with Crippen molar-refractivity contribution in [3.8, 4) is 0 Å². The fraction of sp³-hybridized carbons (Fsp3) is 0.462. The van der Waals surface area contributed by atoms with Crippen LogP contribution in [0.4, 0.5) is 4.39 Å². The molecule has 1 N–H and O–H groups in total. The van der Waals surface area contributed by atoms with E-state index in [1.807, 2.05) is 20.8 Å². The monoisotopic (exact) mass is 399 g/mol. The molecule has 0 aromatic heterocycles. The molecular weight excluding hydrogens is 385 g/mol. The van der Waals surface area contributed by atoms with Crippen LogP contribution < -0.4 is 5.32 Å². The zero-order valence-electron chi connectivity index (χ0n) is 11.8. The SMILES string of the molecule is CC(C)CC(C)NC(=O)c1cc(F)cc(S(=O)(=O)Cl)c1Br. The van der Waals surface area contributed by atoms with Crippen LogP contribution in [0.1, 0.15) is 37.6 Å². The Morgan fingerprint density at radius 3 is 2.43 bits per heavy atom. The van der Waals surface area contributed by atoms with Gasteiger partial charge in [-0.2, -0.15) is 0 Å². The largest absolute Gasteiger partial charge is 0.350 e. The molecule has 0 aliphatic rings. The maximum atomic E-state index is 13.5. The molecule has 8 heteroatoms. The minimum atomic E-state index is -4.15. The molecule has 1 atom stereocenters. The van der Waals surface area contributed by atoms with Crippen LogP contribution in [-0.4, -0.2) is 20.4 Å². The van der Waals surface area contributed by atoms with E-state index in [9.17, 15) is 17.6 Å². The average molecular weight is 401 g/mol. The third kappa shape index (κ3) is 5.23. The topological polar surface area (TPSA) is 63.2 Å². The van der Waals surface area contributed by atoms with Crippen LogP contribution in [0.3, 0.4) is 0 Å². The quantitative estimate of drug-likeness (QED) is 0.767. The predicted octanol–water partition coefficient (Wildman–Crippen LogP) is 3.68. The van der Waals surface area contributed by atoms with Crippen molar-refractivity contribution in [2.24, 2.45) is 5.92 Å². The van der Waals surface area contributed by atoms with Crippen LogP contribution in [-0.2, 0) is 9.05 Å². The number of hydrogen-bond acceptors (Lipinski definition) is 3. The molecule has 0 bridgehead atoms. The first-order chi connectivity index (χ1) is 9.52. The van der Waals surface area contributed by atoms with Crippen molar-refractivity contribution in [1.82, 2.24) is 5.32 Å². The third-order valence-electron chi connectivity index (χ3n) is 2.71. The molecule has 0 fully saturated rings. The summed E-state index contributed by atoms with van der Waals surface area (Å²) >= 11 is 3.00. The number of nitrogens with one attached hydrogen (secondary N) is 1. The molecule has 1 unspecified atom stereocenters. The summed E-state index contributed by atoms with van der Waals surface area (Å²) in [7, 11) is 1.08. The zero-order valence-corrected chi connectivity index (χ0v) is 14.9. The molecule has 0 spiro atoms. The van der Waals surface area contributed by atoms with Gasteiger partial charge in [-0.15, -0.1) is 0 Å². The van der Waals surface area contributed by atoms with Crippen molar-refractivity contribution >= 4 is 41.6 Å². The molecule has 0 saturated heterocycles. The van der Waals surface area contributed by atoms with E-state index in [4.69, 9.17) is 10.7 Å².